The molecule has 0 spiro atoms. The van der Waals surface area contributed by atoms with Crippen LogP contribution in [0.3, 0.4) is 0 Å². The van der Waals surface area contributed by atoms with Gasteiger partial charge >= 0.3 is 0 Å². The van der Waals surface area contributed by atoms with Crippen molar-refractivity contribution in [1.29, 1.82) is 0 Å². The Morgan fingerprint density at radius 1 is 1.48 bits per heavy atom. The van der Waals surface area contributed by atoms with E-state index in [0.717, 1.165) is 31.0 Å². The Bertz CT molecular complexity index is 798. The molecule has 8 heteroatoms. The predicted molar refractivity (Wildman–Crippen MR) is 84.5 cm³/mol. The summed E-state index contributed by atoms with van der Waals surface area (Å²) in [5.41, 5.74) is 1.11. The Morgan fingerprint density at radius 3 is 2.91 bits per heavy atom. The molecule has 2 heterocycles. The first-order valence-corrected chi connectivity index (χ1v) is 8.98. The third kappa shape index (κ3) is 3.60. The summed E-state index contributed by atoms with van der Waals surface area (Å²) in [6.45, 7) is 3.06. The van der Waals surface area contributed by atoms with E-state index in [0.29, 0.717) is 6.54 Å². The van der Waals surface area contributed by atoms with Crippen molar-refractivity contribution < 1.29 is 12.8 Å². The molecule has 0 radical (unpaired) electrons. The first kappa shape index (κ1) is 16.1. The average molecular weight is 338 g/mol. The third-order valence-electron chi connectivity index (χ3n) is 3.87. The Morgan fingerprint density at radius 2 is 2.30 bits per heavy atom. The van der Waals surface area contributed by atoms with Gasteiger partial charge in [0.05, 0.1) is 11.1 Å². The van der Waals surface area contributed by atoms with Crippen LogP contribution in [0.15, 0.2) is 35.5 Å². The minimum Gasteiger partial charge on any atom is -0.313 e. The van der Waals surface area contributed by atoms with E-state index in [2.05, 4.69) is 15.1 Å². The van der Waals surface area contributed by atoms with Gasteiger partial charge in [0.25, 0.3) is 0 Å². The van der Waals surface area contributed by atoms with Crippen molar-refractivity contribution >= 4 is 10.0 Å². The highest BCUT2D eigenvalue weighted by Crippen LogP contribution is 2.18. The summed E-state index contributed by atoms with van der Waals surface area (Å²) in [7, 11) is -3.72. The molecule has 1 saturated heterocycles. The fourth-order valence-corrected chi connectivity index (χ4v) is 3.70. The number of rotatable bonds is 5. The summed E-state index contributed by atoms with van der Waals surface area (Å²) in [4.78, 5) is -0.0828. The van der Waals surface area contributed by atoms with Gasteiger partial charge in [0.2, 0.25) is 10.0 Å². The van der Waals surface area contributed by atoms with Crippen LogP contribution in [-0.4, -0.2) is 37.3 Å². The van der Waals surface area contributed by atoms with Crippen LogP contribution in [-0.2, 0) is 10.0 Å². The molecule has 1 aromatic carbocycles. The second kappa shape index (κ2) is 6.38. The molecular formula is C15H19FN4O2S. The molecule has 2 N–H and O–H groups in total. The lowest BCUT2D eigenvalue weighted by Gasteiger charge is -2.12. The van der Waals surface area contributed by atoms with Crippen LogP contribution in [0, 0.1) is 12.7 Å². The van der Waals surface area contributed by atoms with E-state index in [9.17, 15) is 12.8 Å². The number of aryl methyl sites for hydroxylation is 1. The molecule has 0 aliphatic carbocycles. The topological polar surface area (TPSA) is 76.0 Å². The number of hydrogen-bond donors (Lipinski definition) is 2. The Hall–Kier alpha value is -1.77. The zero-order chi connectivity index (χ0) is 16.4. The van der Waals surface area contributed by atoms with Gasteiger partial charge in [-0.3, -0.25) is 0 Å². The maximum absolute atomic E-state index is 14.3. The van der Waals surface area contributed by atoms with E-state index in [-0.39, 0.29) is 16.6 Å². The second-order valence-corrected chi connectivity index (χ2v) is 7.49. The highest BCUT2D eigenvalue weighted by molar-refractivity contribution is 7.89. The zero-order valence-electron chi connectivity index (χ0n) is 12.8. The van der Waals surface area contributed by atoms with Crippen LogP contribution >= 0.6 is 0 Å². The smallest absolute Gasteiger partial charge is 0.240 e. The van der Waals surface area contributed by atoms with E-state index in [4.69, 9.17) is 0 Å². The molecule has 3 rings (SSSR count). The summed E-state index contributed by atoms with van der Waals surface area (Å²) in [5, 5.41) is 7.24. The number of halogens is 1. The fourth-order valence-electron chi connectivity index (χ4n) is 2.61. The van der Waals surface area contributed by atoms with Gasteiger partial charge in [-0.2, -0.15) is 5.10 Å². The van der Waals surface area contributed by atoms with E-state index in [1.165, 1.54) is 16.8 Å². The molecule has 0 bridgehead atoms. The molecule has 1 aromatic heterocycles. The molecule has 0 amide bonds. The van der Waals surface area contributed by atoms with Gasteiger partial charge in [-0.25, -0.2) is 22.2 Å². The summed E-state index contributed by atoms with van der Waals surface area (Å²) in [6, 6.07) is 3.97. The molecule has 1 aliphatic heterocycles. The SMILES string of the molecule is Cc1cnn(-c2ccc(S(=O)(=O)NCC3CCCN3)cc2F)c1. The zero-order valence-corrected chi connectivity index (χ0v) is 13.6. The van der Waals surface area contributed by atoms with Crippen molar-refractivity contribution in [2.75, 3.05) is 13.1 Å². The number of aromatic nitrogens is 2. The maximum atomic E-state index is 14.3. The molecule has 1 unspecified atom stereocenters. The quantitative estimate of drug-likeness (QED) is 0.863. The van der Waals surface area contributed by atoms with Crippen LogP contribution in [0.4, 0.5) is 4.39 Å². The van der Waals surface area contributed by atoms with E-state index >= 15 is 0 Å². The minimum absolute atomic E-state index is 0.0828. The Balaban J connectivity index is 1.78. The highest BCUT2D eigenvalue weighted by atomic mass is 32.2. The van der Waals surface area contributed by atoms with Crippen molar-refractivity contribution in [1.82, 2.24) is 19.8 Å². The average Bonchev–Trinajstić information content (AvgIpc) is 3.16. The van der Waals surface area contributed by atoms with Crippen LogP contribution in [0.2, 0.25) is 0 Å². The van der Waals surface area contributed by atoms with E-state index in [1.54, 1.807) is 12.4 Å². The van der Waals surface area contributed by atoms with Gasteiger partial charge in [0, 0.05) is 18.8 Å². The summed E-state index contributed by atoms with van der Waals surface area (Å²) in [6.07, 6.45) is 5.27. The number of nitrogens with zero attached hydrogens (tertiary/aromatic N) is 2. The van der Waals surface area contributed by atoms with Gasteiger partial charge in [-0.15, -0.1) is 0 Å². The normalized spacial score (nSPS) is 18.4. The van der Waals surface area contributed by atoms with Gasteiger partial charge < -0.3 is 5.32 Å². The van der Waals surface area contributed by atoms with Crippen LogP contribution < -0.4 is 10.0 Å². The molecule has 124 valence electrons. The molecule has 1 fully saturated rings. The monoisotopic (exact) mass is 338 g/mol. The highest BCUT2D eigenvalue weighted by Gasteiger charge is 2.20. The standard InChI is InChI=1S/C15H19FN4O2S/c1-11-8-18-20(10-11)15-5-4-13(7-14(15)16)23(21,22)19-9-12-3-2-6-17-12/h4-5,7-8,10,12,17,19H,2-3,6,9H2,1H3. The maximum Gasteiger partial charge on any atom is 0.240 e. The fraction of sp³-hybridized carbons (Fsp3) is 0.400. The first-order valence-electron chi connectivity index (χ1n) is 7.50. The largest absolute Gasteiger partial charge is 0.313 e. The molecule has 2 aromatic rings. The van der Waals surface area contributed by atoms with Crippen molar-refractivity contribution in [3.8, 4) is 5.69 Å². The Kier molecular flexibility index (Phi) is 4.47. The lowest BCUT2D eigenvalue weighted by molar-refractivity contribution is 0.549. The number of nitrogens with one attached hydrogen (secondary N) is 2. The van der Waals surface area contributed by atoms with Crippen molar-refractivity contribution in [2.24, 2.45) is 0 Å². The Labute approximate surface area is 134 Å². The lowest BCUT2D eigenvalue weighted by Crippen LogP contribution is -2.37. The third-order valence-corrected chi connectivity index (χ3v) is 5.29. The lowest BCUT2D eigenvalue weighted by atomic mass is 10.2. The number of sulfonamides is 1. The predicted octanol–water partition coefficient (Wildman–Crippen LogP) is 1.35. The van der Waals surface area contributed by atoms with Gasteiger partial charge in [-0.05, 0) is 50.1 Å². The van der Waals surface area contributed by atoms with Crippen LogP contribution in [0.25, 0.3) is 5.69 Å². The van der Waals surface area contributed by atoms with Crippen molar-refractivity contribution in [3.05, 3.63) is 42.0 Å². The minimum atomic E-state index is -3.72. The number of benzene rings is 1. The van der Waals surface area contributed by atoms with Gasteiger partial charge in [-0.1, -0.05) is 0 Å². The summed E-state index contributed by atoms with van der Waals surface area (Å²) in [5.74, 6) is -0.630. The molecule has 1 aliphatic rings. The molecule has 0 saturated carbocycles. The van der Waals surface area contributed by atoms with E-state index < -0.39 is 15.8 Å². The summed E-state index contributed by atoms with van der Waals surface area (Å²) >= 11 is 0. The summed E-state index contributed by atoms with van der Waals surface area (Å²) < 4.78 is 42.7. The number of hydrogen-bond acceptors (Lipinski definition) is 4. The molecule has 6 nitrogen and oxygen atoms in total. The van der Waals surface area contributed by atoms with Crippen LogP contribution in [0.5, 0.6) is 0 Å². The second-order valence-electron chi connectivity index (χ2n) is 5.72. The van der Waals surface area contributed by atoms with Gasteiger partial charge in [0.1, 0.15) is 11.5 Å². The molecular weight excluding hydrogens is 319 g/mol. The van der Waals surface area contributed by atoms with E-state index in [1.807, 2.05) is 6.92 Å². The molecule has 23 heavy (non-hydrogen) atoms. The molecule has 1 atom stereocenters. The van der Waals surface area contributed by atoms with Crippen LogP contribution in [0.1, 0.15) is 18.4 Å². The van der Waals surface area contributed by atoms with Crippen molar-refractivity contribution in [3.63, 3.8) is 0 Å². The van der Waals surface area contributed by atoms with Crippen molar-refractivity contribution in [2.45, 2.75) is 30.7 Å². The van der Waals surface area contributed by atoms with Gasteiger partial charge in [0.15, 0.2) is 0 Å². The first-order chi connectivity index (χ1) is 11.0.